The minimum Gasteiger partial charge on any atom is -0.262 e. The summed E-state index contributed by atoms with van der Waals surface area (Å²) in [4.78, 5) is 4.62. The second-order valence-corrected chi connectivity index (χ2v) is 5.49. The van der Waals surface area contributed by atoms with Gasteiger partial charge in [-0.05, 0) is 19.3 Å². The second kappa shape index (κ2) is 6.09. The minimum absolute atomic E-state index is 0.0890. The van der Waals surface area contributed by atoms with Gasteiger partial charge in [-0.2, -0.15) is 0 Å². The van der Waals surface area contributed by atoms with Gasteiger partial charge in [-0.15, -0.1) is 0 Å². The molecule has 0 amide bonds. The summed E-state index contributed by atoms with van der Waals surface area (Å²) in [7, 11) is 0. The van der Waals surface area contributed by atoms with Gasteiger partial charge < -0.3 is 0 Å². The lowest BCUT2D eigenvalue weighted by Gasteiger charge is -2.20. The van der Waals surface area contributed by atoms with Crippen molar-refractivity contribution in [2.75, 3.05) is 0 Å². The molecule has 0 fully saturated rings. The van der Waals surface area contributed by atoms with Crippen molar-refractivity contribution in [1.82, 2.24) is 0 Å². The molecule has 0 aliphatic carbocycles. The van der Waals surface area contributed by atoms with E-state index >= 15 is 0 Å². The quantitative estimate of drug-likeness (QED) is 0.575. The van der Waals surface area contributed by atoms with Crippen LogP contribution in [0.15, 0.2) is 17.3 Å². The van der Waals surface area contributed by atoms with Gasteiger partial charge in [0.1, 0.15) is 0 Å². The fourth-order valence-corrected chi connectivity index (χ4v) is 1.21. The molecule has 0 radical (unpaired) electrons. The van der Waals surface area contributed by atoms with E-state index < -0.39 is 0 Å². The number of unbranched alkanes of at least 4 members (excludes halogenated alkanes) is 1. The van der Waals surface area contributed by atoms with Crippen molar-refractivity contribution in [2.45, 2.75) is 60.8 Å². The maximum atomic E-state index is 4.62. The van der Waals surface area contributed by atoms with Crippen molar-refractivity contribution in [3.63, 3.8) is 0 Å². The van der Waals surface area contributed by atoms with E-state index in [1.54, 1.807) is 0 Å². The third-order valence-electron chi connectivity index (χ3n) is 2.88. The van der Waals surface area contributed by atoms with Gasteiger partial charge in [-0.25, -0.2) is 0 Å². The van der Waals surface area contributed by atoms with Crippen LogP contribution in [0.25, 0.3) is 0 Å². The number of nitrogens with zero attached hydrogens (tertiary/aromatic N) is 1. The molecule has 1 heteroatoms. The summed E-state index contributed by atoms with van der Waals surface area (Å²) in [5, 5.41) is 0. The van der Waals surface area contributed by atoms with Crippen LogP contribution >= 0.6 is 0 Å². The van der Waals surface area contributed by atoms with E-state index in [0.717, 1.165) is 5.70 Å². The van der Waals surface area contributed by atoms with E-state index in [2.05, 4.69) is 53.1 Å². The molecule has 0 rings (SSSR count). The molecule has 1 atom stereocenters. The molecule has 88 valence electrons. The summed E-state index contributed by atoms with van der Waals surface area (Å²) < 4.78 is 0. The molecule has 1 nitrogen and oxygen atoms in total. The first-order chi connectivity index (χ1) is 6.79. The highest BCUT2D eigenvalue weighted by Crippen LogP contribution is 2.25. The average Bonchev–Trinajstić information content (AvgIpc) is 2.12. The van der Waals surface area contributed by atoms with E-state index in [1.807, 2.05) is 0 Å². The predicted molar refractivity (Wildman–Crippen MR) is 70.4 cm³/mol. The largest absolute Gasteiger partial charge is 0.262 e. The number of hydrogen-bond donors (Lipinski definition) is 0. The van der Waals surface area contributed by atoms with Gasteiger partial charge in [-0.1, -0.05) is 54.0 Å². The minimum atomic E-state index is 0.0890. The zero-order valence-corrected chi connectivity index (χ0v) is 11.4. The van der Waals surface area contributed by atoms with Crippen LogP contribution in [-0.2, 0) is 0 Å². The van der Waals surface area contributed by atoms with Gasteiger partial charge >= 0.3 is 0 Å². The first-order valence-electron chi connectivity index (χ1n) is 6.03. The predicted octanol–water partition coefficient (Wildman–Crippen LogP) is 4.83. The van der Waals surface area contributed by atoms with E-state index in [0.29, 0.717) is 5.92 Å². The summed E-state index contributed by atoms with van der Waals surface area (Å²) in [6.45, 7) is 17.1. The molecule has 0 aliphatic rings. The molecule has 0 N–H and O–H groups in total. The maximum absolute atomic E-state index is 4.62. The third kappa shape index (κ3) is 5.76. The number of hydrogen-bond acceptors (Lipinski definition) is 1. The Morgan fingerprint density at radius 1 is 1.33 bits per heavy atom. The van der Waals surface area contributed by atoms with E-state index in [-0.39, 0.29) is 5.41 Å². The Morgan fingerprint density at radius 3 is 2.27 bits per heavy atom. The van der Waals surface area contributed by atoms with Crippen LogP contribution in [-0.4, -0.2) is 5.71 Å². The van der Waals surface area contributed by atoms with Gasteiger partial charge in [0.15, 0.2) is 0 Å². The van der Waals surface area contributed by atoms with Gasteiger partial charge in [0.2, 0.25) is 0 Å². The lowest BCUT2D eigenvalue weighted by molar-refractivity contribution is 0.498. The Hall–Kier alpha value is -0.590. The summed E-state index contributed by atoms with van der Waals surface area (Å²) in [6, 6.07) is 0. The standard InChI is InChI=1S/C14H27N/c1-8-9-10-11(2)12(3)15-13(4)14(5,6)7/h11H,4,8-10H2,1-3,5-7H3/b15-12+. The molecular formula is C14H27N. The van der Waals surface area contributed by atoms with E-state index in [4.69, 9.17) is 0 Å². The Bertz CT molecular complexity index is 230. The number of aliphatic imine (C=N–C) groups is 1. The molecule has 0 aromatic rings. The van der Waals surface area contributed by atoms with Crippen LogP contribution in [0.3, 0.4) is 0 Å². The van der Waals surface area contributed by atoms with Crippen molar-refractivity contribution in [3.8, 4) is 0 Å². The van der Waals surface area contributed by atoms with Gasteiger partial charge in [0.25, 0.3) is 0 Å². The number of rotatable bonds is 5. The molecule has 0 saturated heterocycles. The smallest absolute Gasteiger partial charge is 0.0384 e. The molecule has 0 aromatic heterocycles. The summed E-state index contributed by atoms with van der Waals surface area (Å²) in [5.74, 6) is 0.587. The van der Waals surface area contributed by atoms with Crippen LogP contribution in [0.5, 0.6) is 0 Å². The van der Waals surface area contributed by atoms with Crippen molar-refractivity contribution in [1.29, 1.82) is 0 Å². The molecule has 0 saturated carbocycles. The van der Waals surface area contributed by atoms with Crippen LogP contribution in [0.2, 0.25) is 0 Å². The average molecular weight is 209 g/mol. The molecule has 0 aliphatic heterocycles. The highest BCUT2D eigenvalue weighted by molar-refractivity contribution is 5.85. The topological polar surface area (TPSA) is 12.4 Å². The first kappa shape index (κ1) is 14.4. The summed E-state index contributed by atoms with van der Waals surface area (Å²) in [5.41, 5.74) is 2.30. The monoisotopic (exact) mass is 209 g/mol. The van der Waals surface area contributed by atoms with Gasteiger partial charge in [-0.3, -0.25) is 4.99 Å². The zero-order chi connectivity index (χ0) is 12.1. The van der Waals surface area contributed by atoms with Crippen molar-refractivity contribution >= 4 is 5.71 Å². The fourth-order valence-electron chi connectivity index (χ4n) is 1.21. The van der Waals surface area contributed by atoms with Crippen molar-refractivity contribution in [3.05, 3.63) is 12.3 Å². The SMILES string of the molecule is C=C(/N=C(\C)C(C)CCCC)C(C)(C)C. The van der Waals surface area contributed by atoms with E-state index in [9.17, 15) is 0 Å². The maximum Gasteiger partial charge on any atom is 0.0384 e. The van der Waals surface area contributed by atoms with Crippen LogP contribution in [0, 0.1) is 11.3 Å². The second-order valence-electron chi connectivity index (χ2n) is 5.49. The third-order valence-corrected chi connectivity index (χ3v) is 2.88. The Balaban J connectivity index is 4.36. The highest BCUT2D eigenvalue weighted by atomic mass is 14.8. The van der Waals surface area contributed by atoms with Crippen LogP contribution < -0.4 is 0 Å². The summed E-state index contributed by atoms with van der Waals surface area (Å²) in [6.07, 6.45) is 3.79. The Kier molecular flexibility index (Phi) is 5.85. The summed E-state index contributed by atoms with van der Waals surface area (Å²) >= 11 is 0. The molecular weight excluding hydrogens is 182 g/mol. The normalized spacial score (nSPS) is 15.2. The molecule has 1 unspecified atom stereocenters. The molecule has 0 heterocycles. The van der Waals surface area contributed by atoms with Gasteiger partial charge in [0.05, 0.1) is 0 Å². The zero-order valence-electron chi connectivity index (χ0n) is 11.4. The molecule has 0 aromatic carbocycles. The Morgan fingerprint density at radius 2 is 1.87 bits per heavy atom. The lowest BCUT2D eigenvalue weighted by atomic mass is 9.92. The van der Waals surface area contributed by atoms with Crippen molar-refractivity contribution in [2.24, 2.45) is 16.3 Å². The van der Waals surface area contributed by atoms with Gasteiger partial charge in [0, 0.05) is 16.8 Å². The number of allylic oxidation sites excluding steroid dienone is 1. The molecule has 0 spiro atoms. The fraction of sp³-hybridized carbons (Fsp3) is 0.786. The van der Waals surface area contributed by atoms with Crippen LogP contribution in [0.1, 0.15) is 60.8 Å². The Labute approximate surface area is 95.7 Å². The molecule has 0 bridgehead atoms. The van der Waals surface area contributed by atoms with Crippen molar-refractivity contribution < 1.29 is 0 Å². The van der Waals surface area contributed by atoms with Crippen LogP contribution in [0.4, 0.5) is 0 Å². The lowest BCUT2D eigenvalue weighted by Crippen LogP contribution is -2.12. The molecule has 15 heavy (non-hydrogen) atoms. The first-order valence-corrected chi connectivity index (χ1v) is 6.03. The van der Waals surface area contributed by atoms with E-state index in [1.165, 1.54) is 25.0 Å². The highest BCUT2D eigenvalue weighted by Gasteiger charge is 2.15.